The number of amides is 1. The SMILES string of the molecule is Cc1nc(C(=O)NC(CO)C(=O)O)no1. The summed E-state index contributed by atoms with van der Waals surface area (Å²) >= 11 is 0. The third-order valence-electron chi connectivity index (χ3n) is 1.52. The van der Waals surface area contributed by atoms with Gasteiger partial charge < -0.3 is 20.1 Å². The van der Waals surface area contributed by atoms with Crippen LogP contribution in [0.15, 0.2) is 4.52 Å². The molecule has 0 bridgehead atoms. The summed E-state index contributed by atoms with van der Waals surface area (Å²) in [7, 11) is 0. The molecule has 0 aliphatic carbocycles. The Labute approximate surface area is 83.9 Å². The number of aliphatic hydroxyl groups is 1. The fourth-order valence-corrected chi connectivity index (χ4v) is 0.800. The zero-order chi connectivity index (χ0) is 11.4. The molecule has 8 nitrogen and oxygen atoms in total. The van der Waals surface area contributed by atoms with Crippen molar-refractivity contribution in [3.8, 4) is 0 Å². The maximum atomic E-state index is 11.3. The van der Waals surface area contributed by atoms with Crippen LogP contribution in [0, 0.1) is 6.92 Å². The molecule has 0 radical (unpaired) electrons. The van der Waals surface area contributed by atoms with Gasteiger partial charge >= 0.3 is 5.97 Å². The van der Waals surface area contributed by atoms with Crippen LogP contribution >= 0.6 is 0 Å². The molecule has 0 spiro atoms. The predicted octanol–water partition coefficient (Wildman–Crippen LogP) is -1.45. The number of carbonyl (C=O) groups excluding carboxylic acids is 1. The molecule has 1 atom stereocenters. The zero-order valence-corrected chi connectivity index (χ0v) is 7.80. The lowest BCUT2D eigenvalue weighted by Crippen LogP contribution is -2.43. The summed E-state index contributed by atoms with van der Waals surface area (Å²) in [5.74, 6) is -2.23. The van der Waals surface area contributed by atoms with Gasteiger partial charge in [-0.15, -0.1) is 0 Å². The monoisotopic (exact) mass is 215 g/mol. The van der Waals surface area contributed by atoms with Crippen LogP contribution in [0.2, 0.25) is 0 Å². The third-order valence-corrected chi connectivity index (χ3v) is 1.52. The highest BCUT2D eigenvalue weighted by Gasteiger charge is 2.22. The average Bonchev–Trinajstić information content (AvgIpc) is 2.60. The van der Waals surface area contributed by atoms with Gasteiger partial charge in [0.15, 0.2) is 6.04 Å². The molecule has 1 heterocycles. The largest absolute Gasteiger partial charge is 0.480 e. The number of carboxylic acid groups (broad SMARTS) is 1. The van der Waals surface area contributed by atoms with Gasteiger partial charge in [0.2, 0.25) is 5.89 Å². The number of aromatic nitrogens is 2. The van der Waals surface area contributed by atoms with Crippen LogP contribution in [-0.2, 0) is 4.79 Å². The number of nitrogens with one attached hydrogen (secondary N) is 1. The molecule has 82 valence electrons. The van der Waals surface area contributed by atoms with Crippen LogP contribution in [0.5, 0.6) is 0 Å². The smallest absolute Gasteiger partial charge is 0.328 e. The van der Waals surface area contributed by atoms with Gasteiger partial charge in [-0.2, -0.15) is 4.98 Å². The van der Waals surface area contributed by atoms with E-state index in [-0.39, 0.29) is 11.7 Å². The van der Waals surface area contributed by atoms with Gasteiger partial charge in [0.1, 0.15) is 0 Å². The number of aliphatic carboxylic acids is 1. The molecule has 1 unspecified atom stereocenters. The number of nitrogens with zero attached hydrogens (tertiary/aromatic N) is 2. The van der Waals surface area contributed by atoms with Crippen LogP contribution in [0.4, 0.5) is 0 Å². The van der Waals surface area contributed by atoms with Crippen molar-refractivity contribution in [2.75, 3.05) is 6.61 Å². The number of hydrogen-bond acceptors (Lipinski definition) is 6. The quantitative estimate of drug-likeness (QED) is 0.561. The Bertz CT molecular complexity index is 374. The fraction of sp³-hybridized carbons (Fsp3) is 0.429. The second kappa shape index (κ2) is 4.51. The van der Waals surface area contributed by atoms with E-state index >= 15 is 0 Å². The molecule has 0 aliphatic rings. The van der Waals surface area contributed by atoms with Crippen LogP contribution in [-0.4, -0.2) is 44.9 Å². The van der Waals surface area contributed by atoms with E-state index in [2.05, 4.69) is 14.7 Å². The van der Waals surface area contributed by atoms with Crippen molar-refractivity contribution in [1.29, 1.82) is 0 Å². The van der Waals surface area contributed by atoms with E-state index < -0.39 is 24.5 Å². The lowest BCUT2D eigenvalue weighted by molar-refractivity contribution is -0.140. The molecule has 1 amide bonds. The first-order valence-electron chi connectivity index (χ1n) is 3.99. The summed E-state index contributed by atoms with van der Waals surface area (Å²) in [5.41, 5.74) is 0. The van der Waals surface area contributed by atoms with Gasteiger partial charge in [-0.05, 0) is 0 Å². The molecule has 1 aromatic heterocycles. The Balaban J connectivity index is 2.66. The second-order valence-corrected chi connectivity index (χ2v) is 2.68. The van der Waals surface area contributed by atoms with Crippen molar-refractivity contribution < 1.29 is 24.3 Å². The average molecular weight is 215 g/mol. The minimum Gasteiger partial charge on any atom is -0.480 e. The first kappa shape index (κ1) is 11.1. The normalized spacial score (nSPS) is 12.1. The summed E-state index contributed by atoms with van der Waals surface area (Å²) in [4.78, 5) is 25.3. The van der Waals surface area contributed by atoms with Crippen molar-refractivity contribution >= 4 is 11.9 Å². The first-order chi connectivity index (χ1) is 7.04. The summed E-state index contributed by atoms with van der Waals surface area (Å²) in [6.07, 6.45) is 0. The number of rotatable bonds is 4. The Kier molecular flexibility index (Phi) is 3.34. The number of carbonyl (C=O) groups is 2. The number of hydrogen-bond donors (Lipinski definition) is 3. The topological polar surface area (TPSA) is 126 Å². The highest BCUT2D eigenvalue weighted by atomic mass is 16.5. The van der Waals surface area contributed by atoms with E-state index in [9.17, 15) is 9.59 Å². The molecular weight excluding hydrogens is 206 g/mol. The number of carboxylic acids is 1. The van der Waals surface area contributed by atoms with Gasteiger partial charge in [-0.3, -0.25) is 4.79 Å². The van der Waals surface area contributed by atoms with E-state index in [1.54, 1.807) is 0 Å². The number of aryl methyl sites for hydroxylation is 1. The zero-order valence-electron chi connectivity index (χ0n) is 7.80. The molecule has 8 heteroatoms. The molecule has 0 fully saturated rings. The highest BCUT2D eigenvalue weighted by molar-refractivity contribution is 5.93. The van der Waals surface area contributed by atoms with Gasteiger partial charge in [0.25, 0.3) is 11.7 Å². The molecule has 0 saturated carbocycles. The molecule has 0 aliphatic heterocycles. The van der Waals surface area contributed by atoms with Crippen molar-refractivity contribution in [3.05, 3.63) is 11.7 Å². The Morgan fingerprint density at radius 2 is 2.27 bits per heavy atom. The van der Waals surface area contributed by atoms with Crippen molar-refractivity contribution in [1.82, 2.24) is 15.5 Å². The standard InChI is InChI=1S/C7H9N3O5/c1-3-8-5(10-15-3)6(12)9-4(2-11)7(13)14/h4,11H,2H2,1H3,(H,9,12)(H,13,14). The Morgan fingerprint density at radius 3 is 2.67 bits per heavy atom. The third kappa shape index (κ3) is 2.74. The van der Waals surface area contributed by atoms with Gasteiger partial charge in [0, 0.05) is 6.92 Å². The van der Waals surface area contributed by atoms with Crippen LogP contribution < -0.4 is 5.32 Å². The maximum absolute atomic E-state index is 11.3. The summed E-state index contributed by atoms with van der Waals surface area (Å²) < 4.78 is 4.53. The fourth-order valence-electron chi connectivity index (χ4n) is 0.800. The van der Waals surface area contributed by atoms with Gasteiger partial charge in [0.05, 0.1) is 6.61 Å². The summed E-state index contributed by atoms with van der Waals surface area (Å²) in [6.45, 7) is 0.780. The molecule has 3 N–H and O–H groups in total. The summed E-state index contributed by atoms with van der Waals surface area (Å²) in [6, 6.07) is -1.38. The van der Waals surface area contributed by atoms with Crippen LogP contribution in [0.25, 0.3) is 0 Å². The molecule has 1 rings (SSSR count). The number of aliphatic hydroxyl groups excluding tert-OH is 1. The maximum Gasteiger partial charge on any atom is 0.328 e. The minimum absolute atomic E-state index is 0.191. The van der Waals surface area contributed by atoms with E-state index in [0.717, 1.165) is 0 Å². The van der Waals surface area contributed by atoms with Gasteiger partial charge in [-0.1, -0.05) is 5.16 Å². The van der Waals surface area contributed by atoms with Crippen molar-refractivity contribution in [2.45, 2.75) is 13.0 Å². The van der Waals surface area contributed by atoms with Crippen LogP contribution in [0.3, 0.4) is 0 Å². The molecule has 1 aromatic rings. The molecule has 0 saturated heterocycles. The lowest BCUT2D eigenvalue weighted by atomic mass is 10.3. The van der Waals surface area contributed by atoms with Crippen LogP contribution in [0.1, 0.15) is 16.5 Å². The molecular formula is C7H9N3O5. The van der Waals surface area contributed by atoms with E-state index in [1.807, 2.05) is 5.32 Å². The van der Waals surface area contributed by atoms with Crippen molar-refractivity contribution in [3.63, 3.8) is 0 Å². The van der Waals surface area contributed by atoms with E-state index in [1.165, 1.54) is 6.92 Å². The lowest BCUT2D eigenvalue weighted by Gasteiger charge is -2.08. The predicted molar refractivity (Wildman–Crippen MR) is 45.0 cm³/mol. The first-order valence-corrected chi connectivity index (χ1v) is 3.99. The van der Waals surface area contributed by atoms with Gasteiger partial charge in [-0.25, -0.2) is 4.79 Å². The van der Waals surface area contributed by atoms with E-state index in [0.29, 0.717) is 0 Å². The second-order valence-electron chi connectivity index (χ2n) is 2.68. The Morgan fingerprint density at radius 1 is 1.60 bits per heavy atom. The highest BCUT2D eigenvalue weighted by Crippen LogP contribution is 1.95. The molecule has 15 heavy (non-hydrogen) atoms. The van der Waals surface area contributed by atoms with Crippen molar-refractivity contribution in [2.24, 2.45) is 0 Å². The minimum atomic E-state index is -1.38. The summed E-state index contributed by atoms with van der Waals surface area (Å²) in [5, 5.41) is 22.5. The van der Waals surface area contributed by atoms with E-state index in [4.69, 9.17) is 10.2 Å². The Hall–Kier alpha value is -1.96. The molecule has 0 aromatic carbocycles.